The Hall–Kier alpha value is -0.0800. The van der Waals surface area contributed by atoms with Crippen molar-refractivity contribution in [2.75, 3.05) is 40.3 Å². The van der Waals surface area contributed by atoms with Crippen LogP contribution in [0.25, 0.3) is 0 Å². The molecule has 0 radical (unpaired) electrons. The molecule has 0 bridgehead atoms. The Morgan fingerprint density at radius 3 is 0.833 bits per heavy atom. The van der Waals surface area contributed by atoms with Crippen molar-refractivity contribution in [3.05, 3.63) is 0 Å². The molecule has 0 aromatic carbocycles. The lowest BCUT2D eigenvalue weighted by molar-refractivity contribution is 0.277. The Morgan fingerprint density at radius 1 is 0.500 bits per heavy atom. The van der Waals surface area contributed by atoms with Crippen LogP contribution in [0.2, 0.25) is 0 Å². The average molecular weight is 261 g/mol. The van der Waals surface area contributed by atoms with Crippen LogP contribution < -0.4 is 0 Å². The van der Waals surface area contributed by atoms with E-state index in [1.54, 1.807) is 0 Å². The first-order valence-electron chi connectivity index (χ1n) is 7.66. The molecule has 2 aliphatic heterocycles. The highest BCUT2D eigenvalue weighted by molar-refractivity contribution is 4.59. The smallest absolute Gasteiger partial charge is 0.00213 e. The fourth-order valence-corrected chi connectivity index (χ4v) is 1.93. The minimum absolute atomic E-state index is 0. The van der Waals surface area contributed by atoms with E-state index in [0.29, 0.717) is 0 Å². The van der Waals surface area contributed by atoms with E-state index in [0.717, 1.165) is 0 Å². The average Bonchev–Trinajstić information content (AvgIpc) is 2.87. The Labute approximate surface area is 118 Å². The van der Waals surface area contributed by atoms with Crippen LogP contribution in [-0.2, 0) is 0 Å². The molecule has 2 saturated heterocycles. The molecule has 2 fully saturated rings. The summed E-state index contributed by atoms with van der Waals surface area (Å²) in [6.45, 7) is 13.3. The summed E-state index contributed by atoms with van der Waals surface area (Å²) in [5.74, 6) is 0. The maximum absolute atomic E-state index is 2.39. The highest BCUT2D eigenvalue weighted by atomic mass is 15.1. The molecular formula is C16H40N2. The third kappa shape index (κ3) is 15.9. The molecule has 2 heteroatoms. The molecule has 0 unspecified atom stereocenters. The molecule has 2 aliphatic rings. The van der Waals surface area contributed by atoms with Gasteiger partial charge in [-0.1, -0.05) is 41.5 Å². The van der Waals surface area contributed by atoms with Crippen molar-refractivity contribution in [3.8, 4) is 0 Å². The molecule has 18 heavy (non-hydrogen) atoms. The van der Waals surface area contributed by atoms with Crippen LogP contribution >= 0.6 is 0 Å². The second kappa shape index (κ2) is 19.3. The Morgan fingerprint density at radius 2 is 0.722 bits per heavy atom. The second-order valence-electron chi connectivity index (χ2n) is 4.37. The maximum atomic E-state index is 2.39. The van der Waals surface area contributed by atoms with Crippen molar-refractivity contribution >= 4 is 0 Å². The van der Waals surface area contributed by atoms with Gasteiger partial charge in [-0.2, -0.15) is 0 Å². The van der Waals surface area contributed by atoms with Gasteiger partial charge in [0, 0.05) is 0 Å². The number of likely N-dealkylation sites (tertiary alicyclic amines) is 2. The first-order valence-corrected chi connectivity index (χ1v) is 7.66. The normalized spacial score (nSPS) is 19.0. The van der Waals surface area contributed by atoms with Gasteiger partial charge in [0.05, 0.1) is 0 Å². The minimum atomic E-state index is 0. The van der Waals surface area contributed by atoms with Gasteiger partial charge in [0.1, 0.15) is 0 Å². The fraction of sp³-hybridized carbons (Fsp3) is 1.00. The van der Waals surface area contributed by atoms with E-state index in [1.807, 2.05) is 27.7 Å². The van der Waals surface area contributed by atoms with Gasteiger partial charge in [-0.05, 0) is 66.0 Å². The summed E-state index contributed by atoms with van der Waals surface area (Å²) in [6.07, 6.45) is 7.10. The van der Waals surface area contributed by atoms with Gasteiger partial charge in [0.25, 0.3) is 0 Å². The summed E-state index contributed by atoms with van der Waals surface area (Å²) in [5, 5.41) is 0. The zero-order valence-electron chi connectivity index (χ0n) is 13.3. The Balaban J connectivity index is -0.000000189. The van der Waals surface area contributed by atoms with Gasteiger partial charge in [-0.3, -0.25) is 0 Å². The monoisotopic (exact) mass is 260 g/mol. The number of nitrogens with zero attached hydrogens (tertiary/aromatic N) is 2. The molecule has 0 N–H and O–H groups in total. The van der Waals surface area contributed by atoms with Gasteiger partial charge in [0.2, 0.25) is 0 Å². The van der Waals surface area contributed by atoms with Crippen molar-refractivity contribution < 1.29 is 0 Å². The third-order valence-corrected chi connectivity index (χ3v) is 2.91. The van der Waals surface area contributed by atoms with Crippen LogP contribution in [0, 0.1) is 0 Å². The van der Waals surface area contributed by atoms with E-state index >= 15 is 0 Å². The molecule has 114 valence electrons. The third-order valence-electron chi connectivity index (χ3n) is 2.91. The maximum Gasteiger partial charge on any atom is -0.00213 e. The molecular weight excluding hydrogens is 220 g/mol. The van der Waals surface area contributed by atoms with Crippen LogP contribution in [0.15, 0.2) is 0 Å². The lowest BCUT2D eigenvalue weighted by Gasteiger charge is -2.20. The zero-order valence-corrected chi connectivity index (χ0v) is 13.3. The minimum Gasteiger partial charge on any atom is -0.306 e. The highest BCUT2D eigenvalue weighted by Crippen LogP contribution is 2.04. The van der Waals surface area contributed by atoms with E-state index < -0.39 is 0 Å². The van der Waals surface area contributed by atoms with Crippen molar-refractivity contribution in [3.63, 3.8) is 0 Å². The van der Waals surface area contributed by atoms with E-state index in [1.165, 1.54) is 58.3 Å². The first kappa shape index (κ1) is 23.0. The number of piperidine rings is 1. The lowest BCUT2D eigenvalue weighted by Crippen LogP contribution is -2.24. The van der Waals surface area contributed by atoms with Gasteiger partial charge < -0.3 is 9.80 Å². The molecule has 0 aliphatic carbocycles. The molecule has 0 aromatic heterocycles. The predicted molar refractivity (Wildman–Crippen MR) is 87.5 cm³/mol. The topological polar surface area (TPSA) is 6.48 Å². The zero-order chi connectivity index (χ0) is 13.5. The number of hydrogen-bond donors (Lipinski definition) is 0. The second-order valence-corrected chi connectivity index (χ2v) is 4.37. The van der Waals surface area contributed by atoms with Crippen LogP contribution in [0.5, 0.6) is 0 Å². The molecule has 2 heterocycles. The van der Waals surface area contributed by atoms with E-state index in [2.05, 4.69) is 23.9 Å². The fourth-order valence-electron chi connectivity index (χ4n) is 1.93. The van der Waals surface area contributed by atoms with Gasteiger partial charge in [0.15, 0.2) is 0 Å². The van der Waals surface area contributed by atoms with Crippen molar-refractivity contribution in [1.82, 2.24) is 9.80 Å². The summed E-state index contributed by atoms with van der Waals surface area (Å²) in [5.41, 5.74) is 0. The predicted octanol–water partition coefficient (Wildman–Crippen LogP) is 4.50. The summed E-state index contributed by atoms with van der Waals surface area (Å²) < 4.78 is 0. The largest absolute Gasteiger partial charge is 0.306 e. The van der Waals surface area contributed by atoms with Gasteiger partial charge in [-0.15, -0.1) is 0 Å². The van der Waals surface area contributed by atoms with Crippen LogP contribution in [0.3, 0.4) is 0 Å². The van der Waals surface area contributed by atoms with Crippen LogP contribution in [0.4, 0.5) is 0 Å². The molecule has 0 atom stereocenters. The first-order chi connectivity index (χ1) is 8.29. The quantitative estimate of drug-likeness (QED) is 0.632. The lowest BCUT2D eigenvalue weighted by atomic mass is 10.1. The van der Waals surface area contributed by atoms with E-state index in [-0.39, 0.29) is 7.43 Å². The number of rotatable bonds is 0. The highest BCUT2D eigenvalue weighted by Gasteiger charge is 2.03. The van der Waals surface area contributed by atoms with Crippen molar-refractivity contribution in [2.45, 2.75) is 67.2 Å². The van der Waals surface area contributed by atoms with Crippen LogP contribution in [0.1, 0.15) is 67.2 Å². The van der Waals surface area contributed by atoms with E-state index in [4.69, 9.17) is 0 Å². The molecule has 0 aromatic rings. The molecule has 0 amide bonds. The summed E-state index contributed by atoms with van der Waals surface area (Å²) in [7, 11) is 4.37. The summed E-state index contributed by atoms with van der Waals surface area (Å²) in [6, 6.07) is 0. The van der Waals surface area contributed by atoms with E-state index in [9.17, 15) is 0 Å². The Bertz CT molecular complexity index is 114. The Kier molecular flexibility index (Phi) is 24.7. The number of hydrogen-bond acceptors (Lipinski definition) is 2. The van der Waals surface area contributed by atoms with Gasteiger partial charge >= 0.3 is 0 Å². The molecule has 0 saturated carbocycles. The molecule has 0 spiro atoms. The van der Waals surface area contributed by atoms with Crippen LogP contribution in [-0.4, -0.2) is 50.1 Å². The summed E-state index contributed by atoms with van der Waals surface area (Å²) >= 11 is 0. The standard InChI is InChI=1S/C6H13N.C5H11N.2C2H6.CH4/c1-7-5-3-2-4-6-7;1-6-4-2-3-5-6;2*1-2;/h2-6H2,1H3;2-5H2,1H3;2*1-2H3;1H4. The molecule has 2 nitrogen and oxygen atoms in total. The SMILES string of the molecule is C.CC.CC.CN1CCCC1.CN1CCCCC1. The molecule has 2 rings (SSSR count). The van der Waals surface area contributed by atoms with Gasteiger partial charge in [-0.25, -0.2) is 0 Å². The summed E-state index contributed by atoms with van der Waals surface area (Å²) in [4.78, 5) is 4.75. The van der Waals surface area contributed by atoms with Crippen molar-refractivity contribution in [2.24, 2.45) is 0 Å². The van der Waals surface area contributed by atoms with Crippen molar-refractivity contribution in [1.29, 1.82) is 0 Å².